The number of hydrogen-bond donors (Lipinski definition) is 1. The number of nitrogens with zero attached hydrogens (tertiary/aromatic N) is 3. The molecular weight excluding hydrogens is 208 g/mol. The quantitative estimate of drug-likeness (QED) is 0.834. The lowest BCUT2D eigenvalue weighted by molar-refractivity contribution is 0.126. The highest BCUT2D eigenvalue weighted by atomic mass is 16.5. The predicted molar refractivity (Wildman–Crippen MR) is 57.3 cm³/mol. The van der Waals surface area contributed by atoms with Crippen LogP contribution in [0.2, 0.25) is 0 Å². The molecule has 0 saturated heterocycles. The summed E-state index contributed by atoms with van der Waals surface area (Å²) in [5.41, 5.74) is 6.72. The average Bonchev–Trinajstić information content (AvgIpc) is 2.76. The first kappa shape index (κ1) is 10.6. The van der Waals surface area contributed by atoms with E-state index in [1.807, 2.05) is 6.92 Å². The molecule has 0 bridgehead atoms. The third-order valence-electron chi connectivity index (χ3n) is 1.91. The molecule has 0 fully saturated rings. The Bertz CT molecular complexity index is 452. The van der Waals surface area contributed by atoms with Gasteiger partial charge in [0.25, 0.3) is 5.89 Å². The summed E-state index contributed by atoms with van der Waals surface area (Å²) in [6.07, 6.45) is 1.54. The molecule has 84 valence electrons. The lowest BCUT2D eigenvalue weighted by Crippen LogP contribution is -1.94. The highest BCUT2D eigenvalue weighted by Gasteiger charge is 2.09. The summed E-state index contributed by atoms with van der Waals surface area (Å²) in [6, 6.07) is 3.46. The van der Waals surface area contributed by atoms with Crippen molar-refractivity contribution in [2.45, 2.75) is 13.5 Å². The average molecular weight is 220 g/mol. The minimum absolute atomic E-state index is 0.342. The Hall–Kier alpha value is -1.95. The summed E-state index contributed by atoms with van der Waals surface area (Å²) in [6.45, 7) is 2.86. The third-order valence-corrected chi connectivity index (χ3v) is 1.91. The van der Waals surface area contributed by atoms with Gasteiger partial charge in [-0.2, -0.15) is 4.98 Å². The second-order valence-corrected chi connectivity index (χ2v) is 3.13. The standard InChI is InChI=1S/C10H12N4O2/c1-2-15-6-9-13-10(16-14-9)8-4-3-7(11)5-12-8/h3-5H,2,6,11H2,1H3. The van der Waals surface area contributed by atoms with Gasteiger partial charge in [-0.1, -0.05) is 5.16 Å². The van der Waals surface area contributed by atoms with E-state index in [0.717, 1.165) is 0 Å². The monoisotopic (exact) mass is 220 g/mol. The fourth-order valence-corrected chi connectivity index (χ4v) is 1.14. The van der Waals surface area contributed by atoms with Gasteiger partial charge in [-0.25, -0.2) is 4.98 Å². The molecule has 0 unspecified atom stereocenters. The summed E-state index contributed by atoms with van der Waals surface area (Å²) in [5, 5.41) is 3.77. The zero-order valence-corrected chi connectivity index (χ0v) is 8.88. The molecule has 2 rings (SSSR count). The van der Waals surface area contributed by atoms with Gasteiger partial charge in [0.2, 0.25) is 0 Å². The number of ether oxygens (including phenoxy) is 1. The van der Waals surface area contributed by atoms with Gasteiger partial charge in [0.15, 0.2) is 5.82 Å². The molecule has 6 nitrogen and oxygen atoms in total. The molecule has 6 heteroatoms. The molecule has 2 aromatic rings. The molecule has 2 aromatic heterocycles. The number of pyridine rings is 1. The maximum absolute atomic E-state index is 5.53. The molecule has 16 heavy (non-hydrogen) atoms. The van der Waals surface area contributed by atoms with Crippen molar-refractivity contribution < 1.29 is 9.26 Å². The fraction of sp³-hybridized carbons (Fsp3) is 0.300. The number of nitrogens with two attached hydrogens (primary N) is 1. The molecule has 2 heterocycles. The van der Waals surface area contributed by atoms with Gasteiger partial charge in [-0.05, 0) is 19.1 Å². The maximum atomic E-state index is 5.53. The van der Waals surface area contributed by atoms with E-state index >= 15 is 0 Å². The minimum atomic E-state index is 0.342. The summed E-state index contributed by atoms with van der Waals surface area (Å²) in [7, 11) is 0. The number of aromatic nitrogens is 3. The van der Waals surface area contributed by atoms with Crippen LogP contribution in [0.15, 0.2) is 22.9 Å². The molecular formula is C10H12N4O2. The van der Waals surface area contributed by atoms with Crippen molar-refractivity contribution >= 4 is 5.69 Å². The summed E-state index contributed by atoms with van der Waals surface area (Å²) >= 11 is 0. The molecule has 0 radical (unpaired) electrons. The van der Waals surface area contributed by atoms with Crippen LogP contribution in [0.5, 0.6) is 0 Å². The van der Waals surface area contributed by atoms with Crippen LogP contribution in [0.1, 0.15) is 12.7 Å². The van der Waals surface area contributed by atoms with Crippen molar-refractivity contribution in [2.75, 3.05) is 12.3 Å². The van der Waals surface area contributed by atoms with Crippen LogP contribution >= 0.6 is 0 Å². The Morgan fingerprint density at radius 2 is 2.31 bits per heavy atom. The van der Waals surface area contributed by atoms with E-state index in [4.69, 9.17) is 15.0 Å². The molecule has 0 aliphatic carbocycles. The molecule has 0 saturated carbocycles. The zero-order chi connectivity index (χ0) is 11.4. The molecule has 0 aromatic carbocycles. The van der Waals surface area contributed by atoms with Crippen molar-refractivity contribution in [3.05, 3.63) is 24.2 Å². The molecule has 0 aliphatic rings. The fourth-order valence-electron chi connectivity index (χ4n) is 1.14. The Kier molecular flexibility index (Phi) is 3.11. The first-order valence-corrected chi connectivity index (χ1v) is 4.92. The largest absolute Gasteiger partial charge is 0.397 e. The van der Waals surface area contributed by atoms with E-state index in [1.165, 1.54) is 0 Å². The molecule has 2 N–H and O–H groups in total. The second-order valence-electron chi connectivity index (χ2n) is 3.13. The van der Waals surface area contributed by atoms with E-state index in [9.17, 15) is 0 Å². The van der Waals surface area contributed by atoms with Gasteiger partial charge in [0.05, 0.1) is 11.9 Å². The van der Waals surface area contributed by atoms with Crippen LogP contribution < -0.4 is 5.73 Å². The maximum Gasteiger partial charge on any atom is 0.276 e. The second kappa shape index (κ2) is 4.71. The van der Waals surface area contributed by atoms with Gasteiger partial charge in [0, 0.05) is 6.61 Å². The molecule has 0 amide bonds. The van der Waals surface area contributed by atoms with Crippen LogP contribution in [0, 0.1) is 0 Å². The number of nitrogen functional groups attached to an aromatic ring is 1. The van der Waals surface area contributed by atoms with Crippen LogP contribution in [0.25, 0.3) is 11.6 Å². The zero-order valence-electron chi connectivity index (χ0n) is 8.88. The Labute approximate surface area is 92.4 Å². The topological polar surface area (TPSA) is 87.1 Å². The molecule has 0 aliphatic heterocycles. The van der Waals surface area contributed by atoms with E-state index in [-0.39, 0.29) is 0 Å². The Morgan fingerprint density at radius 3 is 3.00 bits per heavy atom. The van der Waals surface area contributed by atoms with Crippen molar-refractivity contribution in [1.82, 2.24) is 15.1 Å². The third kappa shape index (κ3) is 2.34. The Balaban J connectivity index is 2.15. The van der Waals surface area contributed by atoms with Gasteiger partial charge >= 0.3 is 0 Å². The molecule has 0 atom stereocenters. The van der Waals surface area contributed by atoms with Gasteiger partial charge in [-0.3, -0.25) is 0 Å². The summed E-state index contributed by atoms with van der Waals surface area (Å²) < 4.78 is 10.2. The van der Waals surface area contributed by atoms with Gasteiger partial charge < -0.3 is 15.0 Å². The molecule has 0 spiro atoms. The minimum Gasteiger partial charge on any atom is -0.397 e. The lowest BCUT2D eigenvalue weighted by atomic mass is 10.3. The first-order chi connectivity index (χ1) is 7.79. The smallest absolute Gasteiger partial charge is 0.276 e. The van der Waals surface area contributed by atoms with Crippen LogP contribution in [0.4, 0.5) is 5.69 Å². The van der Waals surface area contributed by atoms with Crippen molar-refractivity contribution in [3.63, 3.8) is 0 Å². The predicted octanol–water partition coefficient (Wildman–Crippen LogP) is 1.25. The van der Waals surface area contributed by atoms with Crippen LogP contribution in [-0.2, 0) is 11.3 Å². The highest BCUT2D eigenvalue weighted by molar-refractivity contribution is 5.50. The Morgan fingerprint density at radius 1 is 1.44 bits per heavy atom. The number of rotatable bonds is 4. The van der Waals surface area contributed by atoms with Crippen molar-refractivity contribution in [2.24, 2.45) is 0 Å². The van der Waals surface area contributed by atoms with E-state index < -0.39 is 0 Å². The highest BCUT2D eigenvalue weighted by Crippen LogP contribution is 2.15. The lowest BCUT2D eigenvalue weighted by Gasteiger charge is -1.94. The SMILES string of the molecule is CCOCc1noc(-c2ccc(N)cn2)n1. The van der Waals surface area contributed by atoms with Gasteiger partial charge in [-0.15, -0.1) is 0 Å². The number of anilines is 1. The summed E-state index contributed by atoms with van der Waals surface area (Å²) in [5.74, 6) is 0.880. The van der Waals surface area contributed by atoms with Crippen LogP contribution in [-0.4, -0.2) is 21.7 Å². The van der Waals surface area contributed by atoms with E-state index in [0.29, 0.717) is 36.3 Å². The summed E-state index contributed by atoms with van der Waals surface area (Å²) in [4.78, 5) is 8.22. The normalized spacial score (nSPS) is 10.6. The van der Waals surface area contributed by atoms with Crippen molar-refractivity contribution in [1.29, 1.82) is 0 Å². The number of hydrogen-bond acceptors (Lipinski definition) is 6. The first-order valence-electron chi connectivity index (χ1n) is 4.92. The van der Waals surface area contributed by atoms with E-state index in [2.05, 4.69) is 15.1 Å². The van der Waals surface area contributed by atoms with Crippen molar-refractivity contribution in [3.8, 4) is 11.6 Å². The van der Waals surface area contributed by atoms with E-state index in [1.54, 1.807) is 18.3 Å². The van der Waals surface area contributed by atoms with Crippen LogP contribution in [0.3, 0.4) is 0 Å². The van der Waals surface area contributed by atoms with Gasteiger partial charge in [0.1, 0.15) is 12.3 Å².